The lowest BCUT2D eigenvalue weighted by Gasteiger charge is -2.28. The number of hydrogen-bond donors (Lipinski definition) is 13. The van der Waals surface area contributed by atoms with Gasteiger partial charge in [-0.2, -0.15) is 0 Å². The molecule has 15 N–H and O–H groups in total. The fourth-order valence-electron chi connectivity index (χ4n) is 9.77. The standard InChI is InChI=1S/C55H75N15O12/c1-5-70-21-9-13-45(70)54(81)69-48(75)38(12-8-20-59-55(56)57)63-49(76)40(22-30(2)3)64-50(77)41(23-32-14-16-35(17-15-32)82-31(4)72)65-53(80)44(28-71)68-51(78)42(24-33-26-60-37-11-7-6-10-36(33)37)66-52(79)43(25-34-27-58-29-61-34)67-47(74)39-18-19-46(73)62-39/h6-7,10-11,14-17,26-27,29-30,38-45,60,71H,5,8-9,12-13,18-25,28H2,1-4H3,(H,58,61)(H,62,73)(H,63,76)(H,64,77)(H,65,80)(H,66,79)(H,67,74)(H,68,78)(H4,56,57,59)(H,69,75,81)/t38-,39-,40+,41-,42-,43-,44-,45-/m0/s1. The number of carbonyl (C=O) groups is 10. The van der Waals surface area contributed by atoms with E-state index in [1.807, 2.05) is 17.9 Å². The van der Waals surface area contributed by atoms with Gasteiger partial charge >= 0.3 is 5.97 Å². The van der Waals surface area contributed by atoms with Crippen LogP contribution in [0.3, 0.4) is 0 Å². The zero-order valence-electron chi connectivity index (χ0n) is 46.4. The minimum absolute atomic E-state index is 0.00161. The molecule has 4 heterocycles. The van der Waals surface area contributed by atoms with Gasteiger partial charge in [0.25, 0.3) is 0 Å². The van der Waals surface area contributed by atoms with E-state index >= 15 is 0 Å². The van der Waals surface area contributed by atoms with Crippen LogP contribution in [0.25, 0.3) is 10.9 Å². The van der Waals surface area contributed by atoms with E-state index in [2.05, 4.69) is 62.5 Å². The van der Waals surface area contributed by atoms with Gasteiger partial charge < -0.3 is 68.5 Å². The summed E-state index contributed by atoms with van der Waals surface area (Å²) < 4.78 is 5.18. The molecule has 0 spiro atoms. The summed E-state index contributed by atoms with van der Waals surface area (Å²) in [6.07, 6.45) is 5.84. The Morgan fingerprint density at radius 2 is 1.40 bits per heavy atom. The Hall–Kier alpha value is -8.72. The topological polar surface area (TPSA) is 409 Å². The van der Waals surface area contributed by atoms with E-state index in [-0.39, 0.29) is 81.4 Å². The minimum Gasteiger partial charge on any atom is -0.427 e. The second kappa shape index (κ2) is 30.2. The molecule has 82 heavy (non-hydrogen) atoms. The number of likely N-dealkylation sites (tertiary alicyclic amines) is 1. The van der Waals surface area contributed by atoms with Gasteiger partial charge in [-0.15, -0.1) is 0 Å². The number of carbonyl (C=O) groups excluding carboxylic acids is 10. The van der Waals surface area contributed by atoms with Gasteiger partial charge in [-0.3, -0.25) is 63.2 Å². The van der Waals surface area contributed by atoms with Crippen molar-refractivity contribution in [1.82, 2.24) is 62.4 Å². The maximum atomic E-state index is 14.6. The first-order chi connectivity index (χ1) is 39.2. The highest BCUT2D eigenvalue weighted by Crippen LogP contribution is 2.21. The van der Waals surface area contributed by atoms with Crippen molar-refractivity contribution in [3.63, 3.8) is 0 Å². The normalized spacial score (nSPS) is 17.2. The number of ether oxygens (including phenoxy) is 1. The molecule has 442 valence electrons. The molecule has 0 aliphatic carbocycles. The number of hydrogen-bond acceptors (Lipinski definition) is 15. The molecular formula is C55H75N15O12. The zero-order chi connectivity index (χ0) is 59.5. The predicted octanol–water partition coefficient (Wildman–Crippen LogP) is -1.75. The number of aliphatic hydroxyl groups excluding tert-OH is 1. The number of nitrogens with zero attached hydrogens (tertiary/aromatic N) is 3. The number of benzene rings is 2. The van der Waals surface area contributed by atoms with Gasteiger partial charge in [0.1, 0.15) is 48.0 Å². The summed E-state index contributed by atoms with van der Waals surface area (Å²) in [6.45, 7) is 7.09. The number of rotatable bonds is 29. The summed E-state index contributed by atoms with van der Waals surface area (Å²) >= 11 is 0. The number of aliphatic hydroxyl groups is 1. The average molecular weight is 1140 g/mol. The van der Waals surface area contributed by atoms with Crippen LogP contribution in [0.15, 0.2) is 72.2 Å². The van der Waals surface area contributed by atoms with Gasteiger partial charge in [0.05, 0.1) is 19.0 Å². The van der Waals surface area contributed by atoms with Crippen LogP contribution in [-0.4, -0.2) is 165 Å². The highest BCUT2D eigenvalue weighted by molar-refractivity contribution is 6.02. The molecule has 27 nitrogen and oxygen atoms in total. The van der Waals surface area contributed by atoms with Crippen molar-refractivity contribution in [3.05, 3.63) is 84.1 Å². The number of esters is 1. The molecule has 2 saturated heterocycles. The molecular weight excluding hydrogens is 1060 g/mol. The monoisotopic (exact) mass is 1140 g/mol. The van der Waals surface area contributed by atoms with Gasteiger partial charge in [-0.1, -0.05) is 51.1 Å². The quantitative estimate of drug-likeness (QED) is 0.00943. The number of imide groups is 1. The number of imidazole rings is 1. The number of amides is 9. The third-order valence-electron chi connectivity index (χ3n) is 14.0. The molecule has 2 aliphatic heterocycles. The van der Waals surface area contributed by atoms with Crippen LogP contribution in [0, 0.1) is 5.92 Å². The number of aliphatic imine (C=N–C) groups is 1. The van der Waals surface area contributed by atoms with Crippen LogP contribution in [0.1, 0.15) is 89.5 Å². The van der Waals surface area contributed by atoms with Gasteiger partial charge in [0, 0.05) is 68.1 Å². The fourth-order valence-corrected chi connectivity index (χ4v) is 9.77. The molecule has 4 aromatic rings. The van der Waals surface area contributed by atoms with Crippen molar-refractivity contribution < 1.29 is 57.8 Å². The lowest BCUT2D eigenvalue weighted by atomic mass is 10.00. The van der Waals surface area contributed by atoms with E-state index in [1.165, 1.54) is 43.7 Å². The van der Waals surface area contributed by atoms with Crippen LogP contribution in [0.2, 0.25) is 0 Å². The number of guanidine groups is 1. The second-order valence-corrected chi connectivity index (χ2v) is 20.7. The molecule has 0 unspecified atom stereocenters. The summed E-state index contributed by atoms with van der Waals surface area (Å²) in [5, 5.41) is 32.5. The number of fused-ring (bicyclic) bond motifs is 1. The molecule has 0 saturated carbocycles. The van der Waals surface area contributed by atoms with Crippen LogP contribution >= 0.6 is 0 Å². The first-order valence-corrected chi connectivity index (χ1v) is 27.4. The van der Waals surface area contributed by atoms with E-state index in [0.717, 1.165) is 11.9 Å². The Labute approximate surface area is 473 Å². The molecule has 0 bridgehead atoms. The van der Waals surface area contributed by atoms with Crippen LogP contribution in [-0.2, 0) is 67.2 Å². The Kier molecular flexibility index (Phi) is 23.0. The molecule has 2 fully saturated rings. The van der Waals surface area contributed by atoms with Crippen molar-refractivity contribution in [2.24, 2.45) is 22.4 Å². The number of nitrogens with one attached hydrogen (secondary N) is 10. The third-order valence-corrected chi connectivity index (χ3v) is 14.0. The lowest BCUT2D eigenvalue weighted by Crippen LogP contribution is -2.61. The summed E-state index contributed by atoms with van der Waals surface area (Å²) in [7, 11) is 0. The summed E-state index contributed by atoms with van der Waals surface area (Å²) in [6, 6.07) is 3.11. The highest BCUT2D eigenvalue weighted by atomic mass is 16.5. The molecule has 2 aromatic carbocycles. The van der Waals surface area contributed by atoms with Crippen LogP contribution in [0.5, 0.6) is 5.75 Å². The van der Waals surface area contributed by atoms with Crippen molar-refractivity contribution in [2.75, 3.05) is 26.2 Å². The lowest BCUT2D eigenvalue weighted by molar-refractivity contribution is -0.137. The predicted molar refractivity (Wildman–Crippen MR) is 298 cm³/mol. The maximum absolute atomic E-state index is 14.6. The second-order valence-electron chi connectivity index (χ2n) is 20.7. The van der Waals surface area contributed by atoms with E-state index in [0.29, 0.717) is 41.7 Å². The first kappa shape index (κ1) is 62.5. The van der Waals surface area contributed by atoms with Crippen molar-refractivity contribution in [1.29, 1.82) is 0 Å². The fraction of sp³-hybridized carbons (Fsp3) is 0.491. The SMILES string of the molecule is CCN1CCC[C@H]1C(=O)NC(=O)[C@H](CCCN=C(N)N)NC(=O)[C@@H](CC(C)C)NC(=O)[C@H](Cc1ccc(OC(C)=O)cc1)NC(=O)[C@H](CO)NC(=O)[C@H](Cc1c[nH]c2ccccc12)NC(=O)[C@H](Cc1cnc[nH]1)NC(=O)[C@@H]1CCC(=O)N1. The summed E-state index contributed by atoms with van der Waals surface area (Å²) in [5.74, 6) is -7.54. The molecule has 2 aliphatic rings. The van der Waals surface area contributed by atoms with Gasteiger partial charge in [0.2, 0.25) is 53.2 Å². The van der Waals surface area contributed by atoms with E-state index in [1.54, 1.807) is 38.2 Å². The molecule has 0 radical (unpaired) electrons. The van der Waals surface area contributed by atoms with Gasteiger partial charge in [0.15, 0.2) is 5.96 Å². The smallest absolute Gasteiger partial charge is 0.308 e. The third kappa shape index (κ3) is 18.4. The Bertz CT molecular complexity index is 2920. The Morgan fingerprint density at radius 1 is 0.768 bits per heavy atom. The molecule has 27 heteroatoms. The maximum Gasteiger partial charge on any atom is 0.308 e. The summed E-state index contributed by atoms with van der Waals surface area (Å²) in [5.41, 5.74) is 13.2. The van der Waals surface area contributed by atoms with Crippen LogP contribution in [0.4, 0.5) is 0 Å². The Balaban J connectivity index is 1.24. The number of nitrogens with two attached hydrogens (primary N) is 2. The molecule has 8 atom stereocenters. The number of aromatic amines is 2. The largest absolute Gasteiger partial charge is 0.427 e. The molecule has 6 rings (SSSR count). The number of likely N-dealkylation sites (N-methyl/N-ethyl adjacent to an activating group) is 1. The van der Waals surface area contributed by atoms with E-state index in [4.69, 9.17) is 16.2 Å². The van der Waals surface area contributed by atoms with E-state index in [9.17, 15) is 53.1 Å². The van der Waals surface area contributed by atoms with Crippen molar-refractivity contribution in [3.8, 4) is 5.75 Å². The van der Waals surface area contributed by atoms with Crippen LogP contribution < -0.4 is 58.7 Å². The summed E-state index contributed by atoms with van der Waals surface area (Å²) in [4.78, 5) is 152. The highest BCUT2D eigenvalue weighted by Gasteiger charge is 2.37. The van der Waals surface area contributed by atoms with Gasteiger partial charge in [-0.05, 0) is 86.9 Å². The first-order valence-electron chi connectivity index (χ1n) is 27.4. The average Bonchev–Trinajstić information content (AvgIpc) is 4.41. The minimum atomic E-state index is -1.76. The Morgan fingerprint density at radius 3 is 2.02 bits per heavy atom. The van der Waals surface area contributed by atoms with Crippen molar-refractivity contribution in [2.45, 2.75) is 140 Å². The zero-order valence-corrected chi connectivity index (χ0v) is 46.4. The molecule has 2 aromatic heterocycles. The molecule has 9 amide bonds. The van der Waals surface area contributed by atoms with Crippen molar-refractivity contribution >= 4 is 76.0 Å². The number of aromatic nitrogens is 3. The number of para-hydroxylation sites is 1. The number of H-pyrrole nitrogens is 2. The van der Waals surface area contributed by atoms with E-state index < -0.39 is 108 Å². The van der Waals surface area contributed by atoms with Gasteiger partial charge in [-0.25, -0.2) is 4.98 Å².